The number of rotatable bonds is 6. The molecule has 1 heterocycles. The summed E-state index contributed by atoms with van der Waals surface area (Å²) in [7, 11) is 1.36. The van der Waals surface area contributed by atoms with Crippen LogP contribution in [0.1, 0.15) is 20.8 Å². The molecule has 7 heteroatoms. The van der Waals surface area contributed by atoms with Gasteiger partial charge in [-0.2, -0.15) is 0 Å². The number of hydrogen-bond donors (Lipinski definition) is 2. The van der Waals surface area contributed by atoms with E-state index in [4.69, 9.17) is 4.74 Å². The average Bonchev–Trinajstić information content (AvgIpc) is 2.34. The molecule has 0 saturated carbocycles. The molecule has 1 aromatic rings. The second kappa shape index (κ2) is 6.72. The number of hydrogen-bond acceptors (Lipinski definition) is 6. The van der Waals surface area contributed by atoms with Gasteiger partial charge in [0, 0.05) is 24.1 Å². The normalized spacial score (nSPS) is 14.2. The summed E-state index contributed by atoms with van der Waals surface area (Å²) in [6.45, 7) is 5.68. The highest BCUT2D eigenvalue weighted by molar-refractivity contribution is 7.99. The van der Waals surface area contributed by atoms with Gasteiger partial charge >= 0.3 is 5.97 Å². The average molecular weight is 285 g/mol. The van der Waals surface area contributed by atoms with E-state index in [2.05, 4.69) is 15.3 Å². The van der Waals surface area contributed by atoms with E-state index >= 15 is 0 Å². The van der Waals surface area contributed by atoms with Crippen LogP contribution in [0.5, 0.6) is 0 Å². The van der Waals surface area contributed by atoms with Crippen molar-refractivity contribution < 1.29 is 9.53 Å². The third kappa shape index (κ3) is 4.68. The zero-order chi connectivity index (χ0) is 14.5. The Morgan fingerprint density at radius 1 is 1.63 bits per heavy atom. The molecule has 1 rings (SSSR count). The minimum atomic E-state index is -0.831. The smallest absolute Gasteiger partial charge is 0.326 e. The van der Waals surface area contributed by atoms with Crippen LogP contribution in [0.2, 0.25) is 0 Å². The van der Waals surface area contributed by atoms with Crippen LogP contribution in [0.4, 0.5) is 0 Å². The largest absolute Gasteiger partial charge is 0.468 e. The Bertz CT molecular complexity index is 489. The Kier molecular flexibility index (Phi) is 5.56. The van der Waals surface area contributed by atoms with Crippen LogP contribution in [0.25, 0.3) is 0 Å². The zero-order valence-electron chi connectivity index (χ0n) is 11.5. The number of nitrogens with zero attached hydrogens (tertiary/aromatic N) is 1. The predicted octanol–water partition coefficient (Wildman–Crippen LogP) is 0.792. The van der Waals surface area contributed by atoms with Crippen molar-refractivity contribution >= 4 is 17.7 Å². The number of aromatic nitrogens is 2. The maximum atomic E-state index is 11.9. The summed E-state index contributed by atoms with van der Waals surface area (Å²) < 4.78 is 4.82. The highest BCUT2D eigenvalue weighted by Crippen LogP contribution is 2.20. The van der Waals surface area contributed by atoms with Crippen molar-refractivity contribution in [1.82, 2.24) is 15.3 Å². The fraction of sp³-hybridized carbons (Fsp3) is 0.583. The molecule has 0 bridgehead atoms. The molecule has 0 amide bonds. The highest BCUT2D eigenvalue weighted by atomic mass is 32.2. The number of carbonyl (C=O) groups is 1. The molecule has 19 heavy (non-hydrogen) atoms. The molecule has 1 unspecified atom stereocenters. The first-order chi connectivity index (χ1) is 8.87. The van der Waals surface area contributed by atoms with Crippen molar-refractivity contribution in [3.05, 3.63) is 22.6 Å². The Morgan fingerprint density at radius 2 is 2.32 bits per heavy atom. The first kappa shape index (κ1) is 15.7. The minimum Gasteiger partial charge on any atom is -0.468 e. The Morgan fingerprint density at radius 3 is 2.84 bits per heavy atom. The number of aromatic amines is 1. The number of carbonyl (C=O) groups excluding carboxylic acids is 1. The van der Waals surface area contributed by atoms with Crippen molar-refractivity contribution in [1.29, 1.82) is 0 Å². The number of esters is 1. The Hall–Kier alpha value is -1.34. The van der Waals surface area contributed by atoms with Crippen LogP contribution < -0.4 is 10.9 Å². The fourth-order valence-electron chi connectivity index (χ4n) is 1.66. The molecule has 6 nitrogen and oxygen atoms in total. The van der Waals surface area contributed by atoms with Gasteiger partial charge in [0.1, 0.15) is 5.54 Å². The molecule has 0 radical (unpaired) electrons. The summed E-state index contributed by atoms with van der Waals surface area (Å²) in [5, 5.41) is 3.66. The second-order valence-corrected chi connectivity index (χ2v) is 5.61. The number of ether oxygens (including phenoxy) is 1. The minimum absolute atomic E-state index is 0.132. The summed E-state index contributed by atoms with van der Waals surface area (Å²) in [4.78, 5) is 29.7. The van der Waals surface area contributed by atoms with Crippen molar-refractivity contribution in [3.8, 4) is 0 Å². The quantitative estimate of drug-likeness (QED) is 0.457. The highest BCUT2D eigenvalue weighted by Gasteiger charge is 2.35. The van der Waals surface area contributed by atoms with E-state index in [0.717, 1.165) is 0 Å². The molecule has 0 spiro atoms. The molecule has 0 saturated heterocycles. The molecular formula is C12H19N3O3S. The second-order valence-electron chi connectivity index (χ2n) is 4.65. The van der Waals surface area contributed by atoms with Gasteiger partial charge in [-0.1, -0.05) is 11.8 Å². The van der Waals surface area contributed by atoms with Gasteiger partial charge < -0.3 is 9.72 Å². The molecule has 1 aromatic heterocycles. The van der Waals surface area contributed by atoms with Gasteiger partial charge in [-0.05, 0) is 20.8 Å². The van der Waals surface area contributed by atoms with Crippen molar-refractivity contribution in [2.75, 3.05) is 12.9 Å². The van der Waals surface area contributed by atoms with Gasteiger partial charge in [0.25, 0.3) is 5.56 Å². The number of nitrogens with one attached hydrogen (secondary N) is 2. The van der Waals surface area contributed by atoms with Gasteiger partial charge in [0.05, 0.1) is 7.11 Å². The summed E-state index contributed by atoms with van der Waals surface area (Å²) in [6, 6.07) is 1.48. The number of methoxy groups -OCH3 is 1. The van der Waals surface area contributed by atoms with E-state index in [9.17, 15) is 9.59 Å². The van der Waals surface area contributed by atoms with Crippen molar-refractivity contribution in [3.63, 3.8) is 0 Å². The summed E-state index contributed by atoms with van der Waals surface area (Å²) in [6.07, 6.45) is 1.44. The van der Waals surface area contributed by atoms with Gasteiger partial charge in [-0.3, -0.25) is 14.9 Å². The van der Waals surface area contributed by atoms with Crippen LogP contribution >= 0.6 is 11.8 Å². The van der Waals surface area contributed by atoms with Crippen LogP contribution in [0.15, 0.2) is 22.2 Å². The molecule has 0 aliphatic rings. The molecule has 0 aliphatic carbocycles. The summed E-state index contributed by atoms with van der Waals surface area (Å²) >= 11 is 1.30. The SMILES string of the molecule is COC(=O)C(C)(CSc1nccc(=O)[nH]1)NC(C)C. The first-order valence-corrected chi connectivity index (χ1v) is 6.90. The van der Waals surface area contributed by atoms with Gasteiger partial charge in [-0.25, -0.2) is 4.98 Å². The molecule has 106 valence electrons. The lowest BCUT2D eigenvalue weighted by Gasteiger charge is -2.29. The number of thioether (sulfide) groups is 1. The van der Waals surface area contributed by atoms with E-state index in [0.29, 0.717) is 10.9 Å². The third-order valence-electron chi connectivity index (χ3n) is 2.39. The zero-order valence-corrected chi connectivity index (χ0v) is 12.3. The van der Waals surface area contributed by atoms with Crippen molar-refractivity contribution in [2.45, 2.75) is 37.5 Å². The Balaban J connectivity index is 2.78. The van der Waals surface area contributed by atoms with Crippen LogP contribution in [-0.2, 0) is 9.53 Å². The molecule has 1 atom stereocenters. The monoisotopic (exact) mass is 285 g/mol. The van der Waals surface area contributed by atoms with Gasteiger partial charge in [0.15, 0.2) is 5.16 Å². The van der Waals surface area contributed by atoms with E-state index in [1.54, 1.807) is 6.92 Å². The molecule has 2 N–H and O–H groups in total. The maximum Gasteiger partial charge on any atom is 0.326 e. The van der Waals surface area contributed by atoms with E-state index in [1.165, 1.54) is 31.1 Å². The van der Waals surface area contributed by atoms with Crippen LogP contribution in [0, 0.1) is 0 Å². The molecule has 0 fully saturated rings. The van der Waals surface area contributed by atoms with Crippen LogP contribution in [-0.4, -0.2) is 40.4 Å². The molecule has 0 aliphatic heterocycles. The molecule has 0 aromatic carbocycles. The van der Waals surface area contributed by atoms with E-state index < -0.39 is 5.54 Å². The number of H-pyrrole nitrogens is 1. The lowest BCUT2D eigenvalue weighted by Crippen LogP contribution is -2.54. The van der Waals surface area contributed by atoms with E-state index in [-0.39, 0.29) is 17.6 Å². The standard InChI is InChI=1S/C12H19N3O3S/c1-8(2)15-12(3,10(17)18-4)7-19-11-13-6-5-9(16)14-11/h5-6,8,15H,7H2,1-4H3,(H,13,14,16). The lowest BCUT2D eigenvalue weighted by molar-refractivity contribution is -0.147. The van der Waals surface area contributed by atoms with Crippen molar-refractivity contribution in [2.24, 2.45) is 0 Å². The third-order valence-corrected chi connectivity index (χ3v) is 3.59. The Labute approximate surface area is 116 Å². The predicted molar refractivity (Wildman–Crippen MR) is 74.3 cm³/mol. The lowest BCUT2D eigenvalue weighted by atomic mass is 10.0. The summed E-state index contributed by atoms with van der Waals surface area (Å²) in [5.41, 5.74) is -1.05. The fourth-order valence-corrected chi connectivity index (χ4v) is 2.59. The molecular weight excluding hydrogens is 266 g/mol. The van der Waals surface area contributed by atoms with E-state index in [1.807, 2.05) is 13.8 Å². The van der Waals surface area contributed by atoms with Crippen LogP contribution in [0.3, 0.4) is 0 Å². The first-order valence-electron chi connectivity index (χ1n) is 5.91. The summed E-state index contributed by atoms with van der Waals surface area (Å²) in [5.74, 6) is 0.0668. The maximum absolute atomic E-state index is 11.9. The van der Waals surface area contributed by atoms with Gasteiger partial charge in [-0.15, -0.1) is 0 Å². The topological polar surface area (TPSA) is 84.1 Å². The van der Waals surface area contributed by atoms with Gasteiger partial charge in [0.2, 0.25) is 0 Å².